The molecule has 0 radical (unpaired) electrons. The van der Waals surface area contributed by atoms with Crippen molar-refractivity contribution >= 4 is 16.7 Å². The molecule has 3 rings (SSSR count). The molecule has 0 bridgehead atoms. The average molecular weight is 334 g/mol. The second kappa shape index (κ2) is 9.19. The van der Waals surface area contributed by atoms with Crippen molar-refractivity contribution < 1.29 is 4.79 Å². The van der Waals surface area contributed by atoms with E-state index in [1.54, 1.807) is 0 Å². The number of carbonyl (C=O) groups is 1. The van der Waals surface area contributed by atoms with Crippen molar-refractivity contribution in [2.75, 3.05) is 13.1 Å². The lowest BCUT2D eigenvalue weighted by Gasteiger charge is -2.05. The Labute approximate surface area is 149 Å². The average Bonchev–Trinajstić information content (AvgIpc) is 3.09. The van der Waals surface area contributed by atoms with Crippen LogP contribution in [0.1, 0.15) is 41.6 Å². The second-order valence-corrected chi connectivity index (χ2v) is 6.47. The van der Waals surface area contributed by atoms with Crippen molar-refractivity contribution in [1.29, 1.82) is 0 Å². The van der Waals surface area contributed by atoms with Gasteiger partial charge in [0.1, 0.15) is 0 Å². The lowest BCUT2D eigenvalue weighted by Crippen LogP contribution is -2.18. The summed E-state index contributed by atoms with van der Waals surface area (Å²) in [6.45, 7) is 2.03. The van der Waals surface area contributed by atoms with E-state index in [9.17, 15) is 4.79 Å². The van der Waals surface area contributed by atoms with Crippen LogP contribution < -0.4 is 5.32 Å². The fourth-order valence-electron chi connectivity index (χ4n) is 3.15. The van der Waals surface area contributed by atoms with Gasteiger partial charge in [-0.3, -0.25) is 4.79 Å². The maximum Gasteiger partial charge on any atom is 0.165 e. The molecule has 0 saturated heterocycles. The molecule has 0 spiro atoms. The van der Waals surface area contributed by atoms with Gasteiger partial charge in [-0.05, 0) is 44.0 Å². The van der Waals surface area contributed by atoms with Gasteiger partial charge >= 0.3 is 0 Å². The molecule has 3 heteroatoms. The van der Waals surface area contributed by atoms with E-state index in [1.807, 2.05) is 30.5 Å². The van der Waals surface area contributed by atoms with Crippen molar-refractivity contribution in [2.45, 2.75) is 32.1 Å². The highest BCUT2D eigenvalue weighted by atomic mass is 16.1. The van der Waals surface area contributed by atoms with Crippen molar-refractivity contribution in [3.05, 3.63) is 71.9 Å². The summed E-state index contributed by atoms with van der Waals surface area (Å²) in [5, 5.41) is 4.52. The zero-order chi connectivity index (χ0) is 17.3. The van der Waals surface area contributed by atoms with Crippen LogP contribution in [0.25, 0.3) is 10.9 Å². The van der Waals surface area contributed by atoms with Gasteiger partial charge in [0.25, 0.3) is 0 Å². The monoisotopic (exact) mass is 334 g/mol. The van der Waals surface area contributed by atoms with E-state index >= 15 is 0 Å². The van der Waals surface area contributed by atoms with Gasteiger partial charge in [0, 0.05) is 29.1 Å². The molecule has 0 saturated carbocycles. The standard InChI is InChI=1S/C22H26N2O/c25-22(20-17-24-21-12-7-6-11-19(20)21)13-5-2-8-15-23-16-14-18-9-3-1-4-10-18/h1,3-4,6-7,9-12,17,23-24H,2,5,8,13-16H2. The van der Waals surface area contributed by atoms with E-state index in [2.05, 4.69) is 40.6 Å². The molecule has 1 aromatic heterocycles. The lowest BCUT2D eigenvalue weighted by molar-refractivity contribution is 0.0981. The number of Topliss-reactive ketones (excluding diaryl/α,β-unsaturated/α-hetero) is 1. The summed E-state index contributed by atoms with van der Waals surface area (Å²) < 4.78 is 0. The number of aromatic nitrogens is 1. The van der Waals surface area contributed by atoms with Gasteiger partial charge in [-0.1, -0.05) is 55.0 Å². The largest absolute Gasteiger partial charge is 0.360 e. The van der Waals surface area contributed by atoms with E-state index in [0.717, 1.165) is 55.2 Å². The van der Waals surface area contributed by atoms with Crippen LogP contribution in [-0.2, 0) is 6.42 Å². The van der Waals surface area contributed by atoms with Gasteiger partial charge in [0.05, 0.1) is 0 Å². The summed E-state index contributed by atoms with van der Waals surface area (Å²) in [6.07, 6.45) is 6.71. The second-order valence-electron chi connectivity index (χ2n) is 6.47. The number of benzene rings is 2. The summed E-state index contributed by atoms with van der Waals surface area (Å²) in [6, 6.07) is 18.5. The predicted octanol–water partition coefficient (Wildman–Crippen LogP) is 4.74. The molecule has 130 valence electrons. The molecule has 2 aromatic carbocycles. The highest BCUT2D eigenvalue weighted by Gasteiger charge is 2.10. The minimum absolute atomic E-state index is 0.245. The van der Waals surface area contributed by atoms with Crippen LogP contribution in [0.2, 0.25) is 0 Å². The number of hydrogen-bond donors (Lipinski definition) is 2. The molecule has 2 N–H and O–H groups in total. The van der Waals surface area contributed by atoms with Crippen LogP contribution in [-0.4, -0.2) is 23.9 Å². The van der Waals surface area contributed by atoms with Crippen molar-refractivity contribution in [3.63, 3.8) is 0 Å². The fourth-order valence-corrected chi connectivity index (χ4v) is 3.15. The zero-order valence-electron chi connectivity index (χ0n) is 14.6. The van der Waals surface area contributed by atoms with Gasteiger partial charge in [-0.2, -0.15) is 0 Å². The summed E-state index contributed by atoms with van der Waals surface area (Å²) in [5.74, 6) is 0.245. The molecule has 3 nitrogen and oxygen atoms in total. The van der Waals surface area contributed by atoms with Crippen LogP contribution in [0.15, 0.2) is 60.8 Å². The van der Waals surface area contributed by atoms with E-state index in [4.69, 9.17) is 0 Å². The number of aromatic amines is 1. The Bertz CT molecular complexity index is 792. The number of para-hydroxylation sites is 1. The molecule has 0 fully saturated rings. The number of unbranched alkanes of at least 4 members (excludes halogenated alkanes) is 2. The van der Waals surface area contributed by atoms with E-state index in [0.29, 0.717) is 6.42 Å². The number of nitrogens with one attached hydrogen (secondary N) is 2. The Morgan fingerprint density at radius 1 is 0.880 bits per heavy atom. The van der Waals surface area contributed by atoms with Gasteiger partial charge in [-0.25, -0.2) is 0 Å². The molecule has 1 heterocycles. The summed E-state index contributed by atoms with van der Waals surface area (Å²) in [7, 11) is 0. The predicted molar refractivity (Wildman–Crippen MR) is 104 cm³/mol. The third kappa shape index (κ3) is 5.04. The van der Waals surface area contributed by atoms with Crippen LogP contribution in [0.5, 0.6) is 0 Å². The van der Waals surface area contributed by atoms with Crippen molar-refractivity contribution in [1.82, 2.24) is 10.3 Å². The molecule has 0 atom stereocenters. The molecular formula is C22H26N2O. The fraction of sp³-hybridized carbons (Fsp3) is 0.318. The molecule has 0 aliphatic heterocycles. The van der Waals surface area contributed by atoms with Crippen LogP contribution in [0.4, 0.5) is 0 Å². The van der Waals surface area contributed by atoms with Gasteiger partial charge in [-0.15, -0.1) is 0 Å². The first-order valence-electron chi connectivity index (χ1n) is 9.18. The Hall–Kier alpha value is -2.39. The molecule has 0 unspecified atom stereocenters. The Kier molecular flexibility index (Phi) is 6.41. The highest BCUT2D eigenvalue weighted by Crippen LogP contribution is 2.20. The molecule has 0 aliphatic rings. The minimum atomic E-state index is 0.245. The van der Waals surface area contributed by atoms with Crippen LogP contribution in [0, 0.1) is 0 Å². The Morgan fingerprint density at radius 2 is 1.68 bits per heavy atom. The molecular weight excluding hydrogens is 308 g/mol. The number of rotatable bonds is 10. The van der Waals surface area contributed by atoms with Gasteiger partial charge in [0.15, 0.2) is 5.78 Å². The SMILES string of the molecule is O=C(CCCCCNCCc1ccccc1)c1c[nH]c2ccccc12. The van der Waals surface area contributed by atoms with Gasteiger partial charge in [0.2, 0.25) is 0 Å². The zero-order valence-corrected chi connectivity index (χ0v) is 14.6. The summed E-state index contributed by atoms with van der Waals surface area (Å²) >= 11 is 0. The molecule has 0 amide bonds. The number of H-pyrrole nitrogens is 1. The lowest BCUT2D eigenvalue weighted by atomic mass is 10.0. The van der Waals surface area contributed by atoms with Crippen LogP contribution in [0.3, 0.4) is 0 Å². The number of hydrogen-bond acceptors (Lipinski definition) is 2. The summed E-state index contributed by atoms with van der Waals surface area (Å²) in [4.78, 5) is 15.6. The van der Waals surface area contributed by atoms with E-state index < -0.39 is 0 Å². The minimum Gasteiger partial charge on any atom is -0.360 e. The molecule has 25 heavy (non-hydrogen) atoms. The number of carbonyl (C=O) groups excluding carboxylic acids is 1. The quantitative estimate of drug-likeness (QED) is 0.415. The van der Waals surface area contributed by atoms with Gasteiger partial charge < -0.3 is 10.3 Å². The Balaban J connectivity index is 1.29. The first kappa shape index (κ1) is 17.4. The third-order valence-corrected chi connectivity index (χ3v) is 4.58. The number of fused-ring (bicyclic) bond motifs is 1. The highest BCUT2D eigenvalue weighted by molar-refractivity contribution is 6.07. The van der Waals surface area contributed by atoms with Crippen molar-refractivity contribution in [3.8, 4) is 0 Å². The topological polar surface area (TPSA) is 44.9 Å². The molecule has 3 aromatic rings. The maximum absolute atomic E-state index is 12.4. The Morgan fingerprint density at radius 3 is 2.56 bits per heavy atom. The normalized spacial score (nSPS) is 11.0. The summed E-state index contributed by atoms with van der Waals surface area (Å²) in [5.41, 5.74) is 3.24. The van der Waals surface area contributed by atoms with Crippen LogP contribution >= 0.6 is 0 Å². The first-order chi connectivity index (χ1) is 12.3. The number of ketones is 1. The smallest absolute Gasteiger partial charge is 0.165 e. The molecule has 0 aliphatic carbocycles. The first-order valence-corrected chi connectivity index (χ1v) is 9.18. The van der Waals surface area contributed by atoms with E-state index in [-0.39, 0.29) is 5.78 Å². The van der Waals surface area contributed by atoms with Crippen molar-refractivity contribution in [2.24, 2.45) is 0 Å². The maximum atomic E-state index is 12.4. The van der Waals surface area contributed by atoms with E-state index in [1.165, 1.54) is 5.56 Å². The third-order valence-electron chi connectivity index (χ3n) is 4.58.